The first-order valence-corrected chi connectivity index (χ1v) is 8.74. The quantitative estimate of drug-likeness (QED) is 0.475. The number of esters is 1. The lowest BCUT2D eigenvalue weighted by Gasteiger charge is -2.31. The van der Waals surface area contributed by atoms with E-state index in [4.69, 9.17) is 13.9 Å². The molecule has 0 bridgehead atoms. The number of carbonyl (C=O) groups excluding carboxylic acids is 1. The molecule has 4 rings (SSSR count). The van der Waals surface area contributed by atoms with Gasteiger partial charge in [0.15, 0.2) is 0 Å². The van der Waals surface area contributed by atoms with E-state index >= 15 is 0 Å². The molecule has 0 N–H and O–H groups in total. The molecule has 8 heteroatoms. The van der Waals surface area contributed by atoms with Crippen LogP contribution in [0, 0.1) is 5.92 Å². The highest BCUT2D eigenvalue weighted by Crippen LogP contribution is 2.43. The van der Waals surface area contributed by atoms with Gasteiger partial charge in [-0.2, -0.15) is 13.2 Å². The van der Waals surface area contributed by atoms with Crippen molar-refractivity contribution < 1.29 is 31.9 Å². The van der Waals surface area contributed by atoms with Crippen molar-refractivity contribution in [2.45, 2.75) is 12.1 Å². The third-order valence-electron chi connectivity index (χ3n) is 5.02. The molecule has 2 heterocycles. The van der Waals surface area contributed by atoms with Crippen molar-refractivity contribution in [2.75, 3.05) is 13.7 Å². The van der Waals surface area contributed by atoms with Gasteiger partial charge < -0.3 is 13.9 Å². The van der Waals surface area contributed by atoms with Gasteiger partial charge in [-0.3, -0.25) is 4.79 Å². The summed E-state index contributed by atoms with van der Waals surface area (Å²) in [5.41, 5.74) is -0.768. The number of halogens is 3. The molecule has 0 amide bonds. The van der Waals surface area contributed by atoms with Crippen LogP contribution in [0.5, 0.6) is 5.75 Å². The fraction of sp³-hybridized carbons (Fsp3) is 0.238. The number of para-hydroxylation sites is 1. The summed E-state index contributed by atoms with van der Waals surface area (Å²) in [6.45, 7) is -0.0845. The highest BCUT2D eigenvalue weighted by molar-refractivity contribution is 5.86. The summed E-state index contributed by atoms with van der Waals surface area (Å²) in [7, 11) is 1.20. The lowest BCUT2D eigenvalue weighted by Crippen LogP contribution is -2.36. The average Bonchev–Trinajstić information content (AvgIpc) is 2.72. The summed E-state index contributed by atoms with van der Waals surface area (Å²) in [4.78, 5) is 25.1. The third kappa shape index (κ3) is 3.24. The van der Waals surface area contributed by atoms with E-state index in [9.17, 15) is 22.8 Å². The molecule has 1 aliphatic heterocycles. The van der Waals surface area contributed by atoms with E-state index in [2.05, 4.69) is 0 Å². The molecule has 1 aromatic heterocycles. The maximum atomic E-state index is 12.9. The number of benzene rings is 2. The topological polar surface area (TPSA) is 65.7 Å². The van der Waals surface area contributed by atoms with Crippen molar-refractivity contribution in [1.82, 2.24) is 0 Å². The van der Waals surface area contributed by atoms with Crippen LogP contribution in [0.4, 0.5) is 13.2 Å². The molecule has 150 valence electrons. The van der Waals surface area contributed by atoms with Gasteiger partial charge in [0.05, 0.1) is 23.6 Å². The van der Waals surface area contributed by atoms with Crippen molar-refractivity contribution in [3.63, 3.8) is 0 Å². The first kappa shape index (κ1) is 19.0. The van der Waals surface area contributed by atoms with Gasteiger partial charge >= 0.3 is 17.8 Å². The summed E-state index contributed by atoms with van der Waals surface area (Å²) in [5, 5.41) is 0.544. The van der Waals surface area contributed by atoms with Crippen LogP contribution in [0.15, 0.2) is 57.7 Å². The molecule has 0 radical (unpaired) electrons. The van der Waals surface area contributed by atoms with Crippen LogP contribution in [0.3, 0.4) is 0 Å². The van der Waals surface area contributed by atoms with Gasteiger partial charge in [0.2, 0.25) is 0 Å². The molecule has 2 aromatic carbocycles. The zero-order valence-corrected chi connectivity index (χ0v) is 15.2. The van der Waals surface area contributed by atoms with E-state index in [-0.39, 0.29) is 17.9 Å². The Balaban J connectivity index is 1.93. The van der Waals surface area contributed by atoms with E-state index in [0.29, 0.717) is 16.5 Å². The summed E-state index contributed by atoms with van der Waals surface area (Å²) >= 11 is 0. The van der Waals surface area contributed by atoms with Crippen LogP contribution in [0.2, 0.25) is 0 Å². The number of ether oxygens (including phenoxy) is 2. The Kier molecular flexibility index (Phi) is 4.56. The predicted molar refractivity (Wildman–Crippen MR) is 96.8 cm³/mol. The van der Waals surface area contributed by atoms with E-state index in [1.165, 1.54) is 19.2 Å². The lowest BCUT2D eigenvalue weighted by molar-refractivity contribution is -0.147. The first-order valence-electron chi connectivity index (χ1n) is 8.74. The Morgan fingerprint density at radius 3 is 2.45 bits per heavy atom. The van der Waals surface area contributed by atoms with Crippen LogP contribution in [0.1, 0.15) is 22.6 Å². The number of alkyl halides is 3. The fourth-order valence-electron chi connectivity index (χ4n) is 3.66. The maximum absolute atomic E-state index is 12.9. The molecular weight excluding hydrogens is 389 g/mol. The van der Waals surface area contributed by atoms with E-state index in [1.807, 2.05) is 0 Å². The molecule has 0 aliphatic carbocycles. The van der Waals surface area contributed by atoms with Gasteiger partial charge in [-0.15, -0.1) is 0 Å². The summed E-state index contributed by atoms with van der Waals surface area (Å²) < 4.78 is 54.8. The number of rotatable bonds is 2. The molecule has 29 heavy (non-hydrogen) atoms. The molecule has 1 aliphatic rings. The Labute approximate surface area is 162 Å². The Morgan fingerprint density at radius 1 is 1.10 bits per heavy atom. The number of carbonyl (C=O) groups is 1. The normalized spacial score (nSPS) is 18.8. The Morgan fingerprint density at radius 2 is 1.79 bits per heavy atom. The lowest BCUT2D eigenvalue weighted by atomic mass is 9.79. The van der Waals surface area contributed by atoms with Gasteiger partial charge in [-0.25, -0.2) is 4.79 Å². The number of fused-ring (bicyclic) bond motifs is 3. The van der Waals surface area contributed by atoms with Gasteiger partial charge in [-0.05, 0) is 29.8 Å². The van der Waals surface area contributed by atoms with E-state index in [1.54, 1.807) is 24.3 Å². The predicted octanol–water partition coefficient (Wildman–Crippen LogP) is 4.13. The van der Waals surface area contributed by atoms with Crippen LogP contribution in [-0.4, -0.2) is 19.7 Å². The van der Waals surface area contributed by atoms with Gasteiger partial charge in [-0.1, -0.05) is 24.3 Å². The summed E-state index contributed by atoms with van der Waals surface area (Å²) in [6, 6.07) is 11.1. The van der Waals surface area contributed by atoms with Gasteiger partial charge in [0.25, 0.3) is 0 Å². The first-order chi connectivity index (χ1) is 13.8. The monoisotopic (exact) mass is 404 g/mol. The standard InChI is InChI=1S/C21H15F3O5/c1-27-19(25)14-10-28-18-13-4-2-3-5-15(13)29-20(26)17(18)16(14)11-6-8-12(9-7-11)21(22,23)24/h2-9,14,16H,10H2,1H3/t14-,16+/m1/s1. The minimum atomic E-state index is -4.50. The van der Waals surface area contributed by atoms with Crippen LogP contribution >= 0.6 is 0 Å². The minimum Gasteiger partial charge on any atom is -0.491 e. The summed E-state index contributed by atoms with van der Waals surface area (Å²) in [6.07, 6.45) is -4.50. The van der Waals surface area contributed by atoms with Crippen molar-refractivity contribution in [3.8, 4) is 5.75 Å². The van der Waals surface area contributed by atoms with Crippen molar-refractivity contribution in [1.29, 1.82) is 0 Å². The molecule has 0 fully saturated rings. The highest BCUT2D eigenvalue weighted by Gasteiger charge is 2.41. The summed E-state index contributed by atoms with van der Waals surface area (Å²) in [5.74, 6) is -2.14. The van der Waals surface area contributed by atoms with Crippen LogP contribution < -0.4 is 10.4 Å². The van der Waals surface area contributed by atoms with Crippen LogP contribution in [-0.2, 0) is 15.7 Å². The molecule has 0 unspecified atom stereocenters. The second-order valence-corrected chi connectivity index (χ2v) is 6.67. The second kappa shape index (κ2) is 6.95. The van der Waals surface area contributed by atoms with E-state index < -0.39 is 35.2 Å². The van der Waals surface area contributed by atoms with Crippen molar-refractivity contribution >= 4 is 16.9 Å². The molecule has 0 saturated heterocycles. The largest absolute Gasteiger partial charge is 0.491 e. The molecular formula is C21H15F3O5. The minimum absolute atomic E-state index is 0.0845. The number of hydrogen-bond donors (Lipinski definition) is 0. The van der Waals surface area contributed by atoms with Crippen LogP contribution in [0.25, 0.3) is 11.0 Å². The third-order valence-corrected chi connectivity index (χ3v) is 5.02. The smallest absolute Gasteiger partial charge is 0.416 e. The molecule has 0 saturated carbocycles. The fourth-order valence-corrected chi connectivity index (χ4v) is 3.66. The highest BCUT2D eigenvalue weighted by atomic mass is 19.4. The Hall–Kier alpha value is -3.29. The van der Waals surface area contributed by atoms with Crippen molar-refractivity contribution in [3.05, 3.63) is 75.6 Å². The second-order valence-electron chi connectivity index (χ2n) is 6.67. The zero-order chi connectivity index (χ0) is 20.8. The van der Waals surface area contributed by atoms with Gasteiger partial charge in [0, 0.05) is 5.92 Å². The SMILES string of the molecule is COC(=O)[C@@H]1COc2c(c(=O)oc3ccccc23)[C@H]1c1ccc(C(F)(F)F)cc1. The van der Waals surface area contributed by atoms with E-state index in [0.717, 1.165) is 12.1 Å². The molecule has 5 nitrogen and oxygen atoms in total. The number of hydrogen-bond acceptors (Lipinski definition) is 5. The Bertz CT molecular complexity index is 1130. The number of methoxy groups -OCH3 is 1. The zero-order valence-electron chi connectivity index (χ0n) is 15.2. The molecule has 3 aromatic rings. The maximum Gasteiger partial charge on any atom is 0.416 e. The van der Waals surface area contributed by atoms with Crippen molar-refractivity contribution in [2.24, 2.45) is 5.92 Å². The van der Waals surface area contributed by atoms with Gasteiger partial charge in [0.1, 0.15) is 23.9 Å². The molecule has 2 atom stereocenters. The average molecular weight is 404 g/mol. The molecule has 0 spiro atoms.